The van der Waals surface area contributed by atoms with Crippen LogP contribution in [0.3, 0.4) is 0 Å². The number of amides is 2. The molecule has 7 heteroatoms. The highest BCUT2D eigenvalue weighted by Gasteiger charge is 2.38. The molecule has 1 aliphatic heterocycles. The van der Waals surface area contributed by atoms with E-state index < -0.39 is 17.3 Å². The molecule has 120 valence electrons. The van der Waals surface area contributed by atoms with Gasteiger partial charge in [-0.05, 0) is 12.8 Å². The van der Waals surface area contributed by atoms with Crippen molar-refractivity contribution in [2.24, 2.45) is 11.3 Å². The zero-order valence-corrected chi connectivity index (χ0v) is 12.9. The largest absolute Gasteiger partial charge is 0.481 e. The number of carbonyl (C=O) groups excluding carboxylic acids is 2. The molecule has 0 spiro atoms. The molecule has 0 aromatic rings. The van der Waals surface area contributed by atoms with Crippen LogP contribution >= 0.6 is 0 Å². The highest BCUT2D eigenvalue weighted by Crippen LogP contribution is 2.31. The monoisotopic (exact) mass is 299 g/mol. The minimum atomic E-state index is -1.12. The summed E-state index contributed by atoms with van der Waals surface area (Å²) in [7, 11) is 0. The predicted octanol–water partition coefficient (Wildman–Crippen LogP) is -0.329. The van der Waals surface area contributed by atoms with Crippen molar-refractivity contribution in [2.45, 2.75) is 27.2 Å². The summed E-state index contributed by atoms with van der Waals surface area (Å²) >= 11 is 0. The number of piperazine rings is 1. The van der Waals surface area contributed by atoms with E-state index in [9.17, 15) is 19.5 Å². The maximum Gasteiger partial charge on any atom is 0.310 e. The Morgan fingerprint density at radius 1 is 1.29 bits per heavy atom. The van der Waals surface area contributed by atoms with Gasteiger partial charge >= 0.3 is 5.97 Å². The predicted molar refractivity (Wildman–Crippen MR) is 77.7 cm³/mol. The van der Waals surface area contributed by atoms with Crippen LogP contribution in [0.25, 0.3) is 0 Å². The highest BCUT2D eigenvalue weighted by atomic mass is 16.4. The molecule has 1 rings (SSSR count). The number of nitrogens with zero attached hydrogens (tertiary/aromatic N) is 1. The Morgan fingerprint density at radius 3 is 2.33 bits per heavy atom. The van der Waals surface area contributed by atoms with E-state index in [1.165, 1.54) is 0 Å². The lowest BCUT2D eigenvalue weighted by Crippen LogP contribution is -2.50. The van der Waals surface area contributed by atoms with Crippen LogP contribution in [0.2, 0.25) is 0 Å². The van der Waals surface area contributed by atoms with Crippen molar-refractivity contribution in [2.75, 3.05) is 32.7 Å². The molecule has 0 radical (unpaired) electrons. The van der Waals surface area contributed by atoms with Gasteiger partial charge < -0.3 is 20.6 Å². The molecule has 0 bridgehead atoms. The second kappa shape index (κ2) is 7.40. The molecule has 1 unspecified atom stereocenters. The number of rotatable bonds is 6. The van der Waals surface area contributed by atoms with Gasteiger partial charge in [-0.2, -0.15) is 0 Å². The van der Waals surface area contributed by atoms with Gasteiger partial charge in [0.05, 0.1) is 12.0 Å². The molecule has 21 heavy (non-hydrogen) atoms. The number of aliphatic carboxylic acids is 1. The van der Waals surface area contributed by atoms with Crippen molar-refractivity contribution in [3.63, 3.8) is 0 Å². The van der Waals surface area contributed by atoms with Crippen molar-refractivity contribution < 1.29 is 19.5 Å². The third kappa shape index (κ3) is 4.70. The fourth-order valence-corrected chi connectivity index (χ4v) is 2.12. The van der Waals surface area contributed by atoms with Crippen molar-refractivity contribution in [3.8, 4) is 0 Å². The summed E-state index contributed by atoms with van der Waals surface area (Å²) in [6.45, 7) is 7.79. The summed E-state index contributed by atoms with van der Waals surface area (Å²) in [5.41, 5.74) is -1.12. The molecule has 7 nitrogen and oxygen atoms in total. The molecule has 1 saturated heterocycles. The van der Waals surface area contributed by atoms with Gasteiger partial charge in [-0.1, -0.05) is 13.8 Å². The van der Waals surface area contributed by atoms with E-state index in [0.717, 1.165) is 13.1 Å². The maximum absolute atomic E-state index is 11.9. The number of nitrogens with one attached hydrogen (secondary N) is 2. The third-order valence-corrected chi connectivity index (χ3v) is 4.20. The molecule has 1 aliphatic rings. The summed E-state index contributed by atoms with van der Waals surface area (Å²) in [5, 5.41) is 14.9. The molecule has 3 N–H and O–H groups in total. The second-order valence-corrected chi connectivity index (χ2v) is 5.96. The van der Waals surface area contributed by atoms with E-state index in [-0.39, 0.29) is 24.8 Å². The molecule has 1 heterocycles. The minimum absolute atomic E-state index is 0.0768. The first-order valence-corrected chi connectivity index (χ1v) is 7.26. The van der Waals surface area contributed by atoms with E-state index in [2.05, 4.69) is 10.6 Å². The van der Waals surface area contributed by atoms with Crippen LogP contribution in [-0.4, -0.2) is 60.5 Å². The van der Waals surface area contributed by atoms with Crippen molar-refractivity contribution in [3.05, 3.63) is 0 Å². The van der Waals surface area contributed by atoms with E-state index in [4.69, 9.17) is 0 Å². The number of hydrogen-bond acceptors (Lipinski definition) is 4. The van der Waals surface area contributed by atoms with Gasteiger partial charge in [0.15, 0.2) is 0 Å². The number of carbonyl (C=O) groups is 3. The number of carboxylic acid groups (broad SMARTS) is 1. The van der Waals surface area contributed by atoms with Gasteiger partial charge in [0.2, 0.25) is 11.8 Å². The highest BCUT2D eigenvalue weighted by molar-refractivity contribution is 5.88. The lowest BCUT2D eigenvalue weighted by molar-refractivity contribution is -0.153. The molecule has 1 fully saturated rings. The van der Waals surface area contributed by atoms with Crippen LogP contribution in [0.4, 0.5) is 0 Å². The summed E-state index contributed by atoms with van der Waals surface area (Å²) in [6, 6.07) is 0. The quantitative estimate of drug-likeness (QED) is 0.624. The van der Waals surface area contributed by atoms with Crippen LogP contribution < -0.4 is 10.6 Å². The SMILES string of the molecule is CC(C)C(C)(CC(=O)NCC(=O)N1CCNCC1)C(=O)O. The van der Waals surface area contributed by atoms with Crippen LogP contribution in [-0.2, 0) is 14.4 Å². The zero-order valence-electron chi connectivity index (χ0n) is 12.9. The molecule has 2 amide bonds. The van der Waals surface area contributed by atoms with Gasteiger partial charge in [0, 0.05) is 32.6 Å². The Morgan fingerprint density at radius 2 is 1.86 bits per heavy atom. The summed E-state index contributed by atoms with van der Waals surface area (Å²) in [6.07, 6.45) is -0.130. The first-order chi connectivity index (χ1) is 9.77. The molecule has 1 atom stereocenters. The first-order valence-electron chi connectivity index (χ1n) is 7.26. The van der Waals surface area contributed by atoms with Crippen LogP contribution in [0.5, 0.6) is 0 Å². The molecular weight excluding hydrogens is 274 g/mol. The minimum Gasteiger partial charge on any atom is -0.481 e. The van der Waals surface area contributed by atoms with E-state index in [1.54, 1.807) is 25.7 Å². The van der Waals surface area contributed by atoms with Gasteiger partial charge in [0.25, 0.3) is 0 Å². The molecular formula is C14H25N3O4. The number of carboxylic acids is 1. The molecule has 0 aliphatic carbocycles. The Bertz CT molecular complexity index is 405. The average Bonchev–Trinajstić information content (AvgIpc) is 2.45. The Balaban J connectivity index is 2.46. The van der Waals surface area contributed by atoms with Gasteiger partial charge in [-0.15, -0.1) is 0 Å². The second-order valence-electron chi connectivity index (χ2n) is 5.96. The van der Waals surface area contributed by atoms with Crippen LogP contribution in [0.15, 0.2) is 0 Å². The van der Waals surface area contributed by atoms with Crippen molar-refractivity contribution in [1.82, 2.24) is 15.5 Å². The Labute approximate surface area is 125 Å². The van der Waals surface area contributed by atoms with Crippen molar-refractivity contribution in [1.29, 1.82) is 0 Å². The first kappa shape index (κ1) is 17.4. The van der Waals surface area contributed by atoms with Crippen LogP contribution in [0.1, 0.15) is 27.2 Å². The fourth-order valence-electron chi connectivity index (χ4n) is 2.12. The maximum atomic E-state index is 11.9. The Hall–Kier alpha value is -1.63. The fraction of sp³-hybridized carbons (Fsp3) is 0.786. The van der Waals surface area contributed by atoms with Gasteiger partial charge in [0.1, 0.15) is 0 Å². The Kier molecular flexibility index (Phi) is 6.14. The van der Waals surface area contributed by atoms with Gasteiger partial charge in [-0.3, -0.25) is 14.4 Å². The normalized spacial score (nSPS) is 18.2. The third-order valence-electron chi connectivity index (χ3n) is 4.20. The zero-order chi connectivity index (χ0) is 16.0. The molecule has 0 aromatic heterocycles. The summed E-state index contributed by atoms with van der Waals surface area (Å²) < 4.78 is 0. The molecule has 0 saturated carbocycles. The number of hydrogen-bond donors (Lipinski definition) is 3. The van der Waals surface area contributed by atoms with E-state index in [1.807, 2.05) is 0 Å². The summed E-state index contributed by atoms with van der Waals surface area (Å²) in [4.78, 5) is 36.8. The molecule has 0 aromatic carbocycles. The topological polar surface area (TPSA) is 98.7 Å². The average molecular weight is 299 g/mol. The van der Waals surface area contributed by atoms with Crippen molar-refractivity contribution >= 4 is 17.8 Å². The van der Waals surface area contributed by atoms with E-state index in [0.29, 0.717) is 13.1 Å². The lowest BCUT2D eigenvalue weighted by Gasteiger charge is -2.29. The van der Waals surface area contributed by atoms with E-state index >= 15 is 0 Å². The standard InChI is InChI=1S/C14H25N3O4/c1-10(2)14(3,13(20)21)8-11(18)16-9-12(19)17-6-4-15-5-7-17/h10,15H,4-9H2,1-3H3,(H,16,18)(H,20,21). The smallest absolute Gasteiger partial charge is 0.310 e. The van der Waals surface area contributed by atoms with Gasteiger partial charge in [-0.25, -0.2) is 0 Å². The van der Waals surface area contributed by atoms with Crippen LogP contribution in [0, 0.1) is 11.3 Å². The summed E-state index contributed by atoms with van der Waals surface area (Å²) in [5.74, 6) is -1.71. The lowest BCUT2D eigenvalue weighted by atomic mass is 9.76.